The van der Waals surface area contributed by atoms with Gasteiger partial charge in [-0.15, -0.1) is 0 Å². The summed E-state index contributed by atoms with van der Waals surface area (Å²) in [7, 11) is 3.99. The first-order valence-electron chi connectivity index (χ1n) is 14.0. The number of aryl methyl sites for hydroxylation is 1. The van der Waals surface area contributed by atoms with E-state index in [1.807, 2.05) is 62.3 Å². The third-order valence-corrected chi connectivity index (χ3v) is 7.77. The van der Waals surface area contributed by atoms with Crippen LogP contribution in [0.3, 0.4) is 0 Å². The molecule has 0 aliphatic heterocycles. The average Bonchev–Trinajstić information content (AvgIpc) is 2.95. The van der Waals surface area contributed by atoms with E-state index >= 15 is 0 Å². The molecule has 1 N–H and O–H groups in total. The third-order valence-electron chi connectivity index (χ3n) is 7.77. The maximum Gasteiger partial charge on any atom is 0.251 e. The number of hydrogen-bond donors (Lipinski definition) is 1. The van der Waals surface area contributed by atoms with Crippen molar-refractivity contribution in [1.82, 2.24) is 15.3 Å². The number of carbonyl (C=O) groups is 1. The molecule has 39 heavy (non-hydrogen) atoms. The Morgan fingerprint density at radius 1 is 0.821 bits per heavy atom. The maximum absolute atomic E-state index is 12.5. The molecule has 1 aliphatic rings. The Kier molecular flexibility index (Phi) is 8.06. The number of rotatable bonds is 4. The van der Waals surface area contributed by atoms with Gasteiger partial charge < -0.3 is 10.2 Å². The van der Waals surface area contributed by atoms with Crippen LogP contribution in [0.15, 0.2) is 78.9 Å². The SMILES string of the molecule is CC1CCC(CNC(=O)c2ccc3cc4ccccc4cc3c2)CC1.Cc1nc(N(C)C)c2ccccc2n1. The van der Waals surface area contributed by atoms with Gasteiger partial charge in [0, 0.05) is 31.6 Å². The number of hydrogen-bond acceptors (Lipinski definition) is 4. The van der Waals surface area contributed by atoms with Crippen molar-refractivity contribution < 1.29 is 4.79 Å². The zero-order chi connectivity index (χ0) is 27.4. The number of amides is 1. The highest BCUT2D eigenvalue weighted by Gasteiger charge is 2.19. The Morgan fingerprint density at radius 3 is 2.18 bits per heavy atom. The van der Waals surface area contributed by atoms with Gasteiger partial charge in [-0.05, 0) is 89.5 Å². The van der Waals surface area contributed by atoms with Gasteiger partial charge in [-0.2, -0.15) is 0 Å². The first-order chi connectivity index (χ1) is 18.9. The molecule has 1 saturated carbocycles. The molecule has 4 aromatic carbocycles. The van der Waals surface area contributed by atoms with Crippen molar-refractivity contribution in [2.24, 2.45) is 11.8 Å². The van der Waals surface area contributed by atoms with E-state index in [-0.39, 0.29) is 5.91 Å². The van der Waals surface area contributed by atoms with Crippen molar-refractivity contribution in [1.29, 1.82) is 0 Å². The summed E-state index contributed by atoms with van der Waals surface area (Å²) < 4.78 is 0. The predicted octanol–water partition coefficient (Wildman–Crippen LogP) is 7.55. The van der Waals surface area contributed by atoms with Gasteiger partial charge in [-0.1, -0.05) is 62.2 Å². The molecule has 5 heteroatoms. The normalized spacial score (nSPS) is 17.0. The van der Waals surface area contributed by atoms with Crippen molar-refractivity contribution in [3.63, 3.8) is 0 Å². The number of aromatic nitrogens is 2. The van der Waals surface area contributed by atoms with Crippen LogP contribution in [0.1, 0.15) is 48.8 Å². The van der Waals surface area contributed by atoms with Crippen LogP contribution < -0.4 is 10.2 Å². The Morgan fingerprint density at radius 2 is 1.46 bits per heavy atom. The van der Waals surface area contributed by atoms with E-state index in [2.05, 4.69) is 64.7 Å². The molecule has 1 aliphatic carbocycles. The largest absolute Gasteiger partial charge is 0.362 e. The summed E-state index contributed by atoms with van der Waals surface area (Å²) in [4.78, 5) is 23.4. The summed E-state index contributed by atoms with van der Waals surface area (Å²) in [5.74, 6) is 3.33. The predicted molar refractivity (Wildman–Crippen MR) is 164 cm³/mol. The van der Waals surface area contributed by atoms with Crippen LogP contribution >= 0.6 is 0 Å². The summed E-state index contributed by atoms with van der Waals surface area (Å²) >= 11 is 0. The summed E-state index contributed by atoms with van der Waals surface area (Å²) in [6.45, 7) is 5.05. The molecular formula is C34H38N4O. The van der Waals surface area contributed by atoms with Gasteiger partial charge >= 0.3 is 0 Å². The van der Waals surface area contributed by atoms with Gasteiger partial charge in [0.1, 0.15) is 11.6 Å². The fraction of sp³-hybridized carbons (Fsp3) is 0.324. The maximum atomic E-state index is 12.5. The standard InChI is InChI=1S/C23H25NO.C11H13N3/c1-16-6-8-17(9-7-16)15-24-23(25)21-11-10-20-12-18-4-2-3-5-19(18)13-22(20)14-21;1-8-12-10-7-5-4-6-9(10)11(13-8)14(2)3/h2-5,10-14,16-17H,6-9,15H2,1H3,(H,24,25);4-7H,1-3H3. The Bertz CT molecular complexity index is 1600. The van der Waals surface area contributed by atoms with Crippen molar-refractivity contribution in [2.45, 2.75) is 39.5 Å². The van der Waals surface area contributed by atoms with E-state index in [4.69, 9.17) is 0 Å². The van der Waals surface area contributed by atoms with E-state index in [0.29, 0.717) is 5.92 Å². The molecule has 0 bridgehead atoms. The van der Waals surface area contributed by atoms with Crippen LogP contribution in [0.25, 0.3) is 32.4 Å². The van der Waals surface area contributed by atoms with E-state index in [1.165, 1.54) is 41.8 Å². The monoisotopic (exact) mass is 518 g/mol. The highest BCUT2D eigenvalue weighted by atomic mass is 16.1. The van der Waals surface area contributed by atoms with E-state index in [0.717, 1.165) is 46.0 Å². The summed E-state index contributed by atoms with van der Waals surface area (Å²) in [6, 6.07) is 26.8. The summed E-state index contributed by atoms with van der Waals surface area (Å²) in [5, 5.41) is 8.99. The van der Waals surface area contributed by atoms with Crippen LogP contribution in [0.5, 0.6) is 0 Å². The van der Waals surface area contributed by atoms with Crippen molar-refractivity contribution in [3.05, 3.63) is 90.3 Å². The lowest BCUT2D eigenvalue weighted by Crippen LogP contribution is -2.31. The Labute approximate surface area is 231 Å². The molecule has 0 radical (unpaired) electrons. The van der Waals surface area contributed by atoms with Crippen molar-refractivity contribution in [3.8, 4) is 0 Å². The molecular weight excluding hydrogens is 480 g/mol. The summed E-state index contributed by atoms with van der Waals surface area (Å²) in [5.41, 5.74) is 1.76. The lowest BCUT2D eigenvalue weighted by Gasteiger charge is -2.26. The number of nitrogens with zero attached hydrogens (tertiary/aromatic N) is 3. The van der Waals surface area contributed by atoms with E-state index in [1.54, 1.807) is 0 Å². The molecule has 1 heterocycles. The molecule has 1 amide bonds. The smallest absolute Gasteiger partial charge is 0.251 e. The molecule has 1 aromatic heterocycles. The fourth-order valence-electron chi connectivity index (χ4n) is 5.47. The van der Waals surface area contributed by atoms with Gasteiger partial charge in [0.15, 0.2) is 0 Å². The minimum atomic E-state index is 0.0497. The highest BCUT2D eigenvalue weighted by Crippen LogP contribution is 2.28. The molecule has 0 unspecified atom stereocenters. The number of para-hydroxylation sites is 1. The molecule has 5 nitrogen and oxygen atoms in total. The van der Waals surface area contributed by atoms with Crippen LogP contribution in [0.2, 0.25) is 0 Å². The fourth-order valence-corrected chi connectivity index (χ4v) is 5.47. The molecule has 0 atom stereocenters. The second-order valence-electron chi connectivity index (χ2n) is 11.1. The first-order valence-corrected chi connectivity index (χ1v) is 14.0. The topological polar surface area (TPSA) is 58.1 Å². The van der Waals surface area contributed by atoms with Crippen molar-refractivity contribution in [2.75, 3.05) is 25.5 Å². The van der Waals surface area contributed by atoms with E-state index < -0.39 is 0 Å². The number of benzene rings is 4. The number of carbonyl (C=O) groups excluding carboxylic acids is 1. The first kappa shape index (κ1) is 26.6. The van der Waals surface area contributed by atoms with Gasteiger partial charge in [-0.25, -0.2) is 9.97 Å². The molecule has 200 valence electrons. The Balaban J connectivity index is 0.000000186. The number of fused-ring (bicyclic) bond motifs is 3. The van der Waals surface area contributed by atoms with E-state index in [9.17, 15) is 4.79 Å². The molecule has 0 saturated heterocycles. The zero-order valence-corrected chi connectivity index (χ0v) is 23.4. The summed E-state index contributed by atoms with van der Waals surface area (Å²) in [6.07, 6.45) is 5.07. The van der Waals surface area contributed by atoms with Crippen LogP contribution in [0.4, 0.5) is 5.82 Å². The lowest BCUT2D eigenvalue weighted by atomic mass is 9.83. The second kappa shape index (κ2) is 11.8. The highest BCUT2D eigenvalue weighted by molar-refractivity contribution is 6.03. The van der Waals surface area contributed by atoms with Gasteiger partial charge in [-0.3, -0.25) is 4.79 Å². The molecule has 1 fully saturated rings. The average molecular weight is 519 g/mol. The minimum absolute atomic E-state index is 0.0497. The molecule has 5 aromatic rings. The van der Waals surface area contributed by atoms with Gasteiger partial charge in [0.05, 0.1) is 5.52 Å². The van der Waals surface area contributed by atoms with Crippen molar-refractivity contribution >= 4 is 44.2 Å². The zero-order valence-electron chi connectivity index (χ0n) is 23.4. The number of anilines is 1. The van der Waals surface area contributed by atoms with Crippen LogP contribution in [-0.2, 0) is 0 Å². The number of nitrogens with one attached hydrogen (secondary N) is 1. The quantitative estimate of drug-likeness (QED) is 0.250. The lowest BCUT2D eigenvalue weighted by molar-refractivity contribution is 0.0942. The molecule has 6 rings (SSSR count). The van der Waals surface area contributed by atoms with Crippen LogP contribution in [-0.4, -0.2) is 36.5 Å². The van der Waals surface area contributed by atoms with Gasteiger partial charge in [0.25, 0.3) is 5.91 Å². The Hall–Kier alpha value is -3.99. The minimum Gasteiger partial charge on any atom is -0.362 e. The third kappa shape index (κ3) is 6.36. The molecule has 0 spiro atoms. The van der Waals surface area contributed by atoms with Crippen LogP contribution in [0, 0.1) is 18.8 Å². The van der Waals surface area contributed by atoms with Gasteiger partial charge in [0.2, 0.25) is 0 Å². The second-order valence-corrected chi connectivity index (χ2v) is 11.1.